The molecule has 5 heteroatoms. The molecular formula is C5H4N2O3. The quantitative estimate of drug-likeness (QED) is 0.563. The van der Waals surface area contributed by atoms with Gasteiger partial charge in [0.25, 0.3) is 0 Å². The van der Waals surface area contributed by atoms with E-state index in [4.69, 9.17) is 5.11 Å². The van der Waals surface area contributed by atoms with E-state index in [1.165, 1.54) is 0 Å². The molecular weight excluding hydrogens is 136 g/mol. The van der Waals surface area contributed by atoms with Crippen molar-refractivity contribution in [1.29, 1.82) is 0 Å². The number of rotatable bonds is 2. The van der Waals surface area contributed by atoms with Crippen molar-refractivity contribution >= 4 is 12.3 Å². The predicted octanol–water partition coefficient (Wildman–Crippen LogP) is -0.0796. The molecule has 0 saturated carbocycles. The summed E-state index contributed by atoms with van der Waals surface area (Å²) in [4.78, 5) is 25.8. The SMILES string of the molecule is O=Cc1ncc(C(=O)O)[nH]1. The van der Waals surface area contributed by atoms with E-state index in [2.05, 4.69) is 9.97 Å². The topological polar surface area (TPSA) is 83.1 Å². The first-order valence-corrected chi connectivity index (χ1v) is 2.47. The van der Waals surface area contributed by atoms with E-state index in [1.54, 1.807) is 0 Å². The summed E-state index contributed by atoms with van der Waals surface area (Å²) in [7, 11) is 0. The Balaban J connectivity index is 2.98. The van der Waals surface area contributed by atoms with Crippen molar-refractivity contribution < 1.29 is 14.7 Å². The van der Waals surface area contributed by atoms with Crippen molar-refractivity contribution in [3.63, 3.8) is 0 Å². The summed E-state index contributed by atoms with van der Waals surface area (Å²) in [5.41, 5.74) is -0.0814. The molecule has 0 radical (unpaired) electrons. The minimum atomic E-state index is -1.12. The number of carbonyl (C=O) groups excluding carboxylic acids is 1. The molecule has 1 heterocycles. The molecule has 0 unspecified atom stereocenters. The van der Waals surface area contributed by atoms with Crippen molar-refractivity contribution in [2.45, 2.75) is 0 Å². The Labute approximate surface area is 55.7 Å². The lowest BCUT2D eigenvalue weighted by atomic mass is 10.5. The van der Waals surface area contributed by atoms with Gasteiger partial charge in [-0.05, 0) is 0 Å². The van der Waals surface area contributed by atoms with Gasteiger partial charge in [0, 0.05) is 0 Å². The average molecular weight is 140 g/mol. The Morgan fingerprint density at radius 1 is 1.80 bits per heavy atom. The standard InChI is InChI=1S/C5H4N2O3/c8-2-4-6-1-3(7-4)5(9)10/h1-2H,(H,6,7)(H,9,10). The minimum Gasteiger partial charge on any atom is -0.477 e. The molecule has 0 bridgehead atoms. The molecule has 0 saturated heterocycles. The number of H-pyrrole nitrogens is 1. The van der Waals surface area contributed by atoms with Gasteiger partial charge in [-0.25, -0.2) is 9.78 Å². The van der Waals surface area contributed by atoms with Gasteiger partial charge in [0.15, 0.2) is 12.1 Å². The fraction of sp³-hybridized carbons (Fsp3) is 0. The Morgan fingerprint density at radius 3 is 2.80 bits per heavy atom. The van der Waals surface area contributed by atoms with Gasteiger partial charge in [-0.2, -0.15) is 0 Å². The first kappa shape index (κ1) is 6.47. The van der Waals surface area contributed by atoms with E-state index in [0.717, 1.165) is 6.20 Å². The van der Waals surface area contributed by atoms with Crippen molar-refractivity contribution in [1.82, 2.24) is 9.97 Å². The van der Waals surface area contributed by atoms with Gasteiger partial charge in [-0.3, -0.25) is 4.79 Å². The van der Waals surface area contributed by atoms with E-state index in [-0.39, 0.29) is 11.5 Å². The molecule has 0 spiro atoms. The number of aromatic amines is 1. The van der Waals surface area contributed by atoms with Crippen LogP contribution in [0.5, 0.6) is 0 Å². The highest BCUT2D eigenvalue weighted by Crippen LogP contribution is 1.93. The highest BCUT2D eigenvalue weighted by atomic mass is 16.4. The molecule has 1 aromatic rings. The van der Waals surface area contributed by atoms with Gasteiger partial charge in [-0.1, -0.05) is 0 Å². The van der Waals surface area contributed by atoms with Crippen LogP contribution in [0.3, 0.4) is 0 Å². The van der Waals surface area contributed by atoms with Gasteiger partial charge in [0.1, 0.15) is 5.69 Å². The van der Waals surface area contributed by atoms with Crippen LogP contribution in [-0.2, 0) is 0 Å². The average Bonchev–Trinajstić information content (AvgIpc) is 2.34. The molecule has 0 aromatic carbocycles. The second-order valence-electron chi connectivity index (χ2n) is 1.61. The Kier molecular flexibility index (Phi) is 1.49. The Morgan fingerprint density at radius 2 is 2.50 bits per heavy atom. The van der Waals surface area contributed by atoms with Gasteiger partial charge < -0.3 is 10.1 Å². The van der Waals surface area contributed by atoms with Gasteiger partial charge in [0.2, 0.25) is 0 Å². The number of aromatic carboxylic acids is 1. The second kappa shape index (κ2) is 2.30. The Hall–Kier alpha value is -1.65. The molecule has 5 nitrogen and oxygen atoms in total. The maximum Gasteiger partial charge on any atom is 0.353 e. The Bertz CT molecular complexity index is 266. The number of carboxylic acid groups (broad SMARTS) is 1. The molecule has 52 valence electrons. The highest BCUT2D eigenvalue weighted by molar-refractivity contribution is 5.86. The van der Waals surface area contributed by atoms with E-state index in [9.17, 15) is 9.59 Å². The van der Waals surface area contributed by atoms with Crippen LogP contribution in [-0.4, -0.2) is 27.3 Å². The van der Waals surface area contributed by atoms with Gasteiger partial charge in [-0.15, -0.1) is 0 Å². The van der Waals surface area contributed by atoms with Crippen LogP contribution < -0.4 is 0 Å². The predicted molar refractivity (Wildman–Crippen MR) is 30.9 cm³/mol. The molecule has 10 heavy (non-hydrogen) atoms. The third-order valence-corrected chi connectivity index (χ3v) is 0.938. The van der Waals surface area contributed by atoms with Crippen molar-refractivity contribution in [3.05, 3.63) is 17.7 Å². The number of nitrogens with zero attached hydrogens (tertiary/aromatic N) is 1. The maximum atomic E-state index is 10.1. The number of hydrogen-bond acceptors (Lipinski definition) is 3. The zero-order valence-corrected chi connectivity index (χ0v) is 4.87. The zero-order chi connectivity index (χ0) is 7.56. The molecule has 0 amide bonds. The van der Waals surface area contributed by atoms with Crippen LogP contribution >= 0.6 is 0 Å². The first-order chi connectivity index (χ1) is 4.74. The first-order valence-electron chi connectivity index (χ1n) is 2.47. The van der Waals surface area contributed by atoms with E-state index >= 15 is 0 Å². The number of aromatic nitrogens is 2. The van der Waals surface area contributed by atoms with E-state index in [1.807, 2.05) is 0 Å². The van der Waals surface area contributed by atoms with Crippen LogP contribution in [0.25, 0.3) is 0 Å². The molecule has 0 aliphatic heterocycles. The number of carbonyl (C=O) groups is 2. The monoisotopic (exact) mass is 140 g/mol. The fourth-order valence-corrected chi connectivity index (χ4v) is 0.505. The van der Waals surface area contributed by atoms with Crippen LogP contribution in [0.4, 0.5) is 0 Å². The molecule has 2 N–H and O–H groups in total. The van der Waals surface area contributed by atoms with Crippen molar-refractivity contribution in [2.24, 2.45) is 0 Å². The minimum absolute atomic E-state index is 0.0254. The van der Waals surface area contributed by atoms with Crippen LogP contribution in [0.15, 0.2) is 6.20 Å². The van der Waals surface area contributed by atoms with Crippen LogP contribution in [0.1, 0.15) is 21.1 Å². The highest BCUT2D eigenvalue weighted by Gasteiger charge is 2.04. The lowest BCUT2D eigenvalue weighted by molar-refractivity contribution is 0.0691. The van der Waals surface area contributed by atoms with Crippen molar-refractivity contribution in [2.75, 3.05) is 0 Å². The summed E-state index contributed by atoms with van der Waals surface area (Å²) in [6.45, 7) is 0. The molecule has 0 atom stereocenters. The zero-order valence-electron chi connectivity index (χ0n) is 4.87. The van der Waals surface area contributed by atoms with Crippen molar-refractivity contribution in [3.8, 4) is 0 Å². The van der Waals surface area contributed by atoms with Crippen LogP contribution in [0, 0.1) is 0 Å². The molecule has 0 fully saturated rings. The number of carboxylic acids is 1. The van der Waals surface area contributed by atoms with Crippen LogP contribution in [0.2, 0.25) is 0 Å². The third kappa shape index (κ3) is 1.02. The molecule has 1 rings (SSSR count). The van der Waals surface area contributed by atoms with E-state index in [0.29, 0.717) is 6.29 Å². The van der Waals surface area contributed by atoms with Gasteiger partial charge >= 0.3 is 5.97 Å². The normalized spacial score (nSPS) is 9.20. The second-order valence-corrected chi connectivity index (χ2v) is 1.61. The van der Waals surface area contributed by atoms with Gasteiger partial charge in [0.05, 0.1) is 6.20 Å². The lowest BCUT2D eigenvalue weighted by Gasteiger charge is -1.81. The summed E-state index contributed by atoms with van der Waals surface area (Å²) in [5, 5.41) is 8.31. The largest absolute Gasteiger partial charge is 0.477 e. The summed E-state index contributed by atoms with van der Waals surface area (Å²) in [6, 6.07) is 0. The number of aldehydes is 1. The number of hydrogen-bond donors (Lipinski definition) is 2. The third-order valence-electron chi connectivity index (χ3n) is 0.938. The number of nitrogens with one attached hydrogen (secondary N) is 1. The summed E-state index contributed by atoms with van der Waals surface area (Å²) in [5.74, 6) is -1.10. The molecule has 0 aliphatic rings. The smallest absolute Gasteiger partial charge is 0.353 e. The lowest BCUT2D eigenvalue weighted by Crippen LogP contribution is -1.95. The molecule has 0 aliphatic carbocycles. The molecule has 1 aromatic heterocycles. The van der Waals surface area contributed by atoms with E-state index < -0.39 is 5.97 Å². The number of imidazole rings is 1. The summed E-state index contributed by atoms with van der Waals surface area (Å²) < 4.78 is 0. The summed E-state index contributed by atoms with van der Waals surface area (Å²) >= 11 is 0. The maximum absolute atomic E-state index is 10.1. The fourth-order valence-electron chi connectivity index (χ4n) is 0.505. The summed E-state index contributed by atoms with van der Waals surface area (Å²) in [6.07, 6.45) is 1.54.